The number of benzene rings is 2. The van der Waals surface area contributed by atoms with E-state index in [1.54, 1.807) is 24.3 Å². The van der Waals surface area contributed by atoms with Crippen LogP contribution in [0.1, 0.15) is 18.4 Å². The number of halogens is 1. The van der Waals surface area contributed by atoms with Crippen LogP contribution in [0.2, 0.25) is 0 Å². The number of carbonyl (C=O) groups excluding carboxylic acids is 3. The summed E-state index contributed by atoms with van der Waals surface area (Å²) in [5.74, 6) is -1.82. The summed E-state index contributed by atoms with van der Waals surface area (Å²) in [5.41, 5.74) is 3.29. The summed E-state index contributed by atoms with van der Waals surface area (Å²) < 4.78 is 18.2. The average molecular weight is 398 g/mol. The second kappa shape index (κ2) is 9.45. The molecule has 0 heterocycles. The molecule has 1 aliphatic carbocycles. The molecule has 0 unspecified atom stereocenters. The van der Waals surface area contributed by atoms with Crippen molar-refractivity contribution in [2.45, 2.75) is 18.9 Å². The molecule has 8 nitrogen and oxygen atoms in total. The van der Waals surface area contributed by atoms with E-state index in [9.17, 15) is 18.8 Å². The Morgan fingerprint density at radius 2 is 1.72 bits per heavy atom. The minimum absolute atomic E-state index is 0.0996. The quantitative estimate of drug-likeness (QED) is 0.374. The lowest BCUT2D eigenvalue weighted by molar-refractivity contribution is -0.139. The number of hydrazone groups is 1. The highest BCUT2D eigenvalue weighted by atomic mass is 19.1. The first-order valence-electron chi connectivity index (χ1n) is 8.92. The van der Waals surface area contributed by atoms with Crippen LogP contribution in [0.4, 0.5) is 10.1 Å². The van der Waals surface area contributed by atoms with Gasteiger partial charge in [0.05, 0.1) is 6.21 Å². The maximum atomic E-state index is 12.8. The van der Waals surface area contributed by atoms with Crippen LogP contribution in [0, 0.1) is 5.82 Å². The van der Waals surface area contributed by atoms with Crippen LogP contribution in [0.5, 0.6) is 5.75 Å². The summed E-state index contributed by atoms with van der Waals surface area (Å²) in [6.45, 7) is -0.211. The minimum atomic E-state index is -0.819. The number of hydrogen-bond donors (Lipinski definition) is 3. The van der Waals surface area contributed by atoms with E-state index < -0.39 is 11.8 Å². The van der Waals surface area contributed by atoms with Crippen LogP contribution in [0.25, 0.3) is 0 Å². The van der Waals surface area contributed by atoms with Crippen LogP contribution in [0.3, 0.4) is 0 Å². The van der Waals surface area contributed by atoms with Crippen molar-refractivity contribution in [3.05, 3.63) is 59.9 Å². The summed E-state index contributed by atoms with van der Waals surface area (Å²) in [4.78, 5) is 34.9. The fraction of sp³-hybridized carbons (Fsp3) is 0.200. The van der Waals surface area contributed by atoms with Crippen LogP contribution < -0.4 is 20.8 Å². The molecular weight excluding hydrogens is 379 g/mol. The Bertz CT molecular complexity index is 909. The fourth-order valence-electron chi connectivity index (χ4n) is 2.22. The molecule has 3 rings (SSSR count). The predicted molar refractivity (Wildman–Crippen MR) is 104 cm³/mol. The van der Waals surface area contributed by atoms with Crippen LogP contribution >= 0.6 is 0 Å². The molecule has 0 atom stereocenters. The maximum absolute atomic E-state index is 12.8. The monoisotopic (exact) mass is 398 g/mol. The first-order chi connectivity index (χ1) is 14.0. The van der Waals surface area contributed by atoms with Gasteiger partial charge in [0.2, 0.25) is 0 Å². The number of ether oxygens (including phenoxy) is 1. The highest BCUT2D eigenvalue weighted by molar-refractivity contribution is 6.35. The third kappa shape index (κ3) is 6.73. The Morgan fingerprint density at radius 3 is 2.38 bits per heavy atom. The van der Waals surface area contributed by atoms with Crippen LogP contribution in [-0.4, -0.2) is 36.6 Å². The van der Waals surface area contributed by atoms with Crippen molar-refractivity contribution in [1.29, 1.82) is 0 Å². The third-order valence-corrected chi connectivity index (χ3v) is 3.88. The van der Waals surface area contributed by atoms with Gasteiger partial charge in [-0.2, -0.15) is 5.10 Å². The van der Waals surface area contributed by atoms with Crippen molar-refractivity contribution in [3.63, 3.8) is 0 Å². The Morgan fingerprint density at radius 1 is 1.03 bits per heavy atom. The van der Waals surface area contributed by atoms with Gasteiger partial charge in [-0.1, -0.05) is 0 Å². The second-order valence-corrected chi connectivity index (χ2v) is 6.36. The highest BCUT2D eigenvalue weighted by Crippen LogP contribution is 2.18. The van der Waals surface area contributed by atoms with Gasteiger partial charge < -0.3 is 15.4 Å². The van der Waals surface area contributed by atoms with Crippen molar-refractivity contribution in [3.8, 4) is 5.75 Å². The summed E-state index contributed by atoms with van der Waals surface area (Å²) in [5, 5.41) is 8.88. The Balaban J connectivity index is 1.40. The molecule has 2 aromatic carbocycles. The molecule has 0 aromatic heterocycles. The molecule has 3 amide bonds. The standard InChI is InChI=1S/C20H19FN4O4/c21-14-3-5-15(6-4-14)23-18(26)12-29-17-9-1-13(2-10-17)11-22-25-20(28)19(27)24-16-7-8-16/h1-6,9-11,16H,7-8,12H2,(H,23,26)(H,24,27)(H,25,28)/b22-11-. The molecule has 0 radical (unpaired) electrons. The zero-order valence-corrected chi connectivity index (χ0v) is 15.4. The van der Waals surface area contributed by atoms with Crippen LogP contribution in [0.15, 0.2) is 53.6 Å². The summed E-state index contributed by atoms with van der Waals surface area (Å²) in [6, 6.07) is 12.1. The molecule has 150 valence electrons. The van der Waals surface area contributed by atoms with Crippen molar-refractivity contribution < 1.29 is 23.5 Å². The largest absolute Gasteiger partial charge is 0.484 e. The first kappa shape index (κ1) is 20.0. The van der Waals surface area contributed by atoms with Gasteiger partial charge in [0.15, 0.2) is 6.61 Å². The second-order valence-electron chi connectivity index (χ2n) is 6.36. The molecule has 1 fully saturated rings. The molecule has 0 bridgehead atoms. The third-order valence-electron chi connectivity index (χ3n) is 3.88. The van der Waals surface area contributed by atoms with Gasteiger partial charge in [-0.05, 0) is 66.9 Å². The topological polar surface area (TPSA) is 109 Å². The number of hydrogen-bond acceptors (Lipinski definition) is 5. The van der Waals surface area contributed by atoms with E-state index in [0.29, 0.717) is 17.0 Å². The average Bonchev–Trinajstić information content (AvgIpc) is 3.53. The van der Waals surface area contributed by atoms with Gasteiger partial charge >= 0.3 is 11.8 Å². The zero-order valence-electron chi connectivity index (χ0n) is 15.4. The lowest BCUT2D eigenvalue weighted by atomic mass is 10.2. The molecule has 1 aliphatic rings. The molecule has 0 aliphatic heterocycles. The Kier molecular flexibility index (Phi) is 6.51. The van der Waals surface area contributed by atoms with Crippen molar-refractivity contribution in [2.24, 2.45) is 5.10 Å². The maximum Gasteiger partial charge on any atom is 0.329 e. The van der Waals surface area contributed by atoms with Gasteiger partial charge in [-0.15, -0.1) is 0 Å². The number of carbonyl (C=O) groups is 3. The lowest BCUT2D eigenvalue weighted by Gasteiger charge is -2.07. The number of anilines is 1. The highest BCUT2D eigenvalue weighted by Gasteiger charge is 2.26. The Labute approximate surface area is 166 Å². The number of rotatable bonds is 7. The van der Waals surface area contributed by atoms with Crippen molar-refractivity contribution in [2.75, 3.05) is 11.9 Å². The minimum Gasteiger partial charge on any atom is -0.484 e. The van der Waals surface area contributed by atoms with E-state index in [-0.39, 0.29) is 24.4 Å². The number of nitrogens with one attached hydrogen (secondary N) is 3. The first-order valence-corrected chi connectivity index (χ1v) is 8.92. The molecule has 0 spiro atoms. The van der Waals surface area contributed by atoms with E-state index in [0.717, 1.165) is 12.8 Å². The van der Waals surface area contributed by atoms with E-state index in [1.807, 2.05) is 0 Å². The molecule has 29 heavy (non-hydrogen) atoms. The molecule has 1 saturated carbocycles. The van der Waals surface area contributed by atoms with Crippen LogP contribution in [-0.2, 0) is 14.4 Å². The summed E-state index contributed by atoms with van der Waals surface area (Å²) in [6.07, 6.45) is 3.17. The number of nitrogens with zero attached hydrogens (tertiary/aromatic N) is 1. The number of amides is 3. The van der Waals surface area contributed by atoms with Gasteiger partial charge in [0, 0.05) is 11.7 Å². The van der Waals surface area contributed by atoms with Gasteiger partial charge in [-0.3, -0.25) is 14.4 Å². The van der Waals surface area contributed by atoms with Gasteiger partial charge in [-0.25, -0.2) is 9.82 Å². The van der Waals surface area contributed by atoms with E-state index in [2.05, 4.69) is 21.2 Å². The van der Waals surface area contributed by atoms with Gasteiger partial charge in [0.1, 0.15) is 11.6 Å². The Hall–Kier alpha value is -3.75. The molecule has 9 heteroatoms. The van der Waals surface area contributed by atoms with Crippen molar-refractivity contribution in [1.82, 2.24) is 10.7 Å². The lowest BCUT2D eigenvalue weighted by Crippen LogP contribution is -2.38. The normalized spacial score (nSPS) is 13.0. The van der Waals surface area contributed by atoms with Gasteiger partial charge in [0.25, 0.3) is 5.91 Å². The molecule has 2 aromatic rings. The molecular formula is C20H19FN4O4. The predicted octanol–water partition coefficient (Wildman–Crippen LogP) is 1.57. The SMILES string of the molecule is O=C(COc1ccc(/C=N\NC(=O)C(=O)NC2CC2)cc1)Nc1ccc(F)cc1. The van der Waals surface area contributed by atoms with Crippen molar-refractivity contribution >= 4 is 29.6 Å². The molecule has 3 N–H and O–H groups in total. The summed E-state index contributed by atoms with van der Waals surface area (Å²) >= 11 is 0. The van der Waals surface area contributed by atoms with E-state index >= 15 is 0 Å². The van der Waals surface area contributed by atoms with E-state index in [4.69, 9.17) is 4.74 Å². The fourth-order valence-corrected chi connectivity index (χ4v) is 2.22. The zero-order chi connectivity index (χ0) is 20.6. The smallest absolute Gasteiger partial charge is 0.329 e. The summed E-state index contributed by atoms with van der Waals surface area (Å²) in [7, 11) is 0. The molecule has 0 saturated heterocycles. The van der Waals surface area contributed by atoms with E-state index in [1.165, 1.54) is 30.5 Å².